The topological polar surface area (TPSA) is 255 Å². The van der Waals surface area contributed by atoms with E-state index in [2.05, 4.69) is 30.6 Å². The Kier molecular flexibility index (Phi) is 6.19. The van der Waals surface area contributed by atoms with E-state index in [0.717, 1.165) is 0 Å². The minimum atomic E-state index is -4.59. The number of aromatic nitrogens is 6. The Hall–Kier alpha value is -3.28. The monoisotopic (exact) mass is 506 g/mol. The van der Waals surface area contributed by atoms with E-state index in [9.17, 15) is 16.8 Å². The number of nitrogens with two attached hydrogens (primary N) is 4. The van der Waals surface area contributed by atoms with Crippen LogP contribution >= 0.6 is 0 Å². The number of sulfone groups is 1. The Balaban J connectivity index is 2.13. The lowest BCUT2D eigenvalue weighted by Gasteiger charge is -2.16. The van der Waals surface area contributed by atoms with Crippen LogP contribution < -0.4 is 22.3 Å². The summed E-state index contributed by atoms with van der Waals surface area (Å²) in [7, 11) is -8.71. The normalized spacial score (nSPS) is 13.4. The van der Waals surface area contributed by atoms with E-state index in [1.165, 1.54) is 12.1 Å². The molecule has 0 spiro atoms. The Morgan fingerprint density at radius 1 is 1.03 bits per heavy atom. The highest BCUT2D eigenvalue weighted by Crippen LogP contribution is 2.40. The fraction of sp³-hybridized carbons (Fsp3) is 0.222. The van der Waals surface area contributed by atoms with Crippen LogP contribution in [0, 0.1) is 0 Å². The molecule has 0 saturated carbocycles. The molecule has 0 radical (unpaired) electrons. The average molecular weight is 507 g/mol. The number of nitrogens with one attached hydrogen (secondary N) is 2. The molecule has 0 bridgehead atoms. The third kappa shape index (κ3) is 4.17. The van der Waals surface area contributed by atoms with E-state index in [4.69, 9.17) is 22.3 Å². The number of hydrogen-bond donors (Lipinski definition) is 6. The number of fused-ring (bicyclic) bond motifs is 1. The Morgan fingerprint density at radius 2 is 1.79 bits per heavy atom. The molecule has 2 aromatic heterocycles. The first-order valence-corrected chi connectivity index (χ1v) is 13.1. The molecule has 180 valence electrons. The molecule has 0 aliphatic carbocycles. The van der Waals surface area contributed by atoms with Crippen molar-refractivity contribution in [2.24, 2.45) is 22.3 Å². The zero-order chi connectivity index (χ0) is 24.7. The molecule has 1 unspecified atom stereocenters. The van der Waals surface area contributed by atoms with Gasteiger partial charge in [0.1, 0.15) is 10.7 Å². The van der Waals surface area contributed by atoms with Gasteiger partial charge in [0, 0.05) is 18.7 Å². The molecular weight excluding hydrogens is 484 g/mol. The lowest BCUT2D eigenvalue weighted by molar-refractivity contribution is 0.583. The number of benzene rings is 2. The zero-order valence-electron chi connectivity index (χ0n) is 17.6. The molecule has 16 heteroatoms. The Labute approximate surface area is 194 Å². The van der Waals surface area contributed by atoms with E-state index in [-0.39, 0.29) is 30.0 Å². The Bertz CT molecular complexity index is 1560. The second-order valence-electron chi connectivity index (χ2n) is 7.37. The molecule has 4 aromatic rings. The van der Waals surface area contributed by atoms with Gasteiger partial charge in [-0.05, 0) is 22.9 Å². The fourth-order valence-corrected chi connectivity index (χ4v) is 6.38. The molecule has 0 fully saturated rings. The van der Waals surface area contributed by atoms with Crippen molar-refractivity contribution < 1.29 is 16.8 Å². The van der Waals surface area contributed by atoms with Crippen molar-refractivity contribution in [3.63, 3.8) is 0 Å². The predicted molar refractivity (Wildman–Crippen MR) is 123 cm³/mol. The molecule has 0 aliphatic heterocycles. The van der Waals surface area contributed by atoms with Crippen LogP contribution in [0.5, 0.6) is 0 Å². The van der Waals surface area contributed by atoms with Crippen LogP contribution in [-0.4, -0.2) is 66.3 Å². The maximum absolute atomic E-state index is 12.9. The SMILES string of the molecule is NCCS(=O)(=O)c1ccc(-c2cccc3[nH]c(C(N)CN)nc23)c(-c2nn[nH]n2)c1S(N)(=O)=O. The van der Waals surface area contributed by atoms with E-state index < -0.39 is 41.4 Å². The van der Waals surface area contributed by atoms with Gasteiger partial charge in [0.05, 0.1) is 33.3 Å². The zero-order valence-corrected chi connectivity index (χ0v) is 19.3. The van der Waals surface area contributed by atoms with Gasteiger partial charge < -0.3 is 22.2 Å². The summed E-state index contributed by atoms with van der Waals surface area (Å²) in [6, 6.07) is 7.20. The number of tetrazole rings is 1. The van der Waals surface area contributed by atoms with Crippen LogP contribution in [0.2, 0.25) is 0 Å². The number of aromatic amines is 2. The molecule has 14 nitrogen and oxygen atoms in total. The lowest BCUT2D eigenvalue weighted by Crippen LogP contribution is -2.22. The van der Waals surface area contributed by atoms with Crippen LogP contribution in [0.4, 0.5) is 0 Å². The third-order valence-electron chi connectivity index (χ3n) is 5.12. The number of primary sulfonamides is 1. The van der Waals surface area contributed by atoms with Crippen molar-refractivity contribution in [2.75, 3.05) is 18.8 Å². The van der Waals surface area contributed by atoms with Gasteiger partial charge in [0.25, 0.3) is 0 Å². The molecular formula is C18H22N10O4S2. The van der Waals surface area contributed by atoms with Gasteiger partial charge >= 0.3 is 0 Å². The van der Waals surface area contributed by atoms with Crippen LogP contribution in [0.1, 0.15) is 11.9 Å². The summed E-state index contributed by atoms with van der Waals surface area (Å²) >= 11 is 0. The predicted octanol–water partition coefficient (Wildman–Crippen LogP) is -1.25. The number of H-pyrrole nitrogens is 2. The molecule has 0 aliphatic rings. The first-order valence-electron chi connectivity index (χ1n) is 9.89. The maximum atomic E-state index is 12.9. The average Bonchev–Trinajstić information content (AvgIpc) is 3.46. The first-order chi connectivity index (χ1) is 16.1. The fourth-order valence-electron chi connectivity index (χ4n) is 3.63. The minimum absolute atomic E-state index is 0.144. The van der Waals surface area contributed by atoms with Crippen molar-refractivity contribution in [3.05, 3.63) is 36.2 Å². The molecule has 34 heavy (non-hydrogen) atoms. The number of sulfonamides is 1. The summed E-state index contributed by atoms with van der Waals surface area (Å²) in [6.07, 6.45) is 0. The molecule has 4 rings (SSSR count). The Morgan fingerprint density at radius 3 is 2.41 bits per heavy atom. The van der Waals surface area contributed by atoms with Gasteiger partial charge in [-0.25, -0.2) is 27.0 Å². The lowest BCUT2D eigenvalue weighted by atomic mass is 9.98. The van der Waals surface area contributed by atoms with E-state index in [1.807, 2.05) is 0 Å². The summed E-state index contributed by atoms with van der Waals surface area (Å²) in [5, 5.41) is 19.0. The van der Waals surface area contributed by atoms with Gasteiger partial charge in [-0.3, -0.25) is 0 Å². The van der Waals surface area contributed by atoms with Crippen molar-refractivity contribution in [3.8, 4) is 22.5 Å². The smallest absolute Gasteiger partial charge is 0.240 e. The van der Waals surface area contributed by atoms with Crippen molar-refractivity contribution in [2.45, 2.75) is 15.8 Å². The summed E-state index contributed by atoms with van der Waals surface area (Å²) in [6.45, 7) is -0.0744. The number of para-hydroxylation sites is 1. The van der Waals surface area contributed by atoms with Crippen molar-refractivity contribution >= 4 is 30.9 Å². The molecule has 2 aromatic carbocycles. The first kappa shape index (κ1) is 23.9. The highest BCUT2D eigenvalue weighted by Gasteiger charge is 2.32. The molecule has 1 atom stereocenters. The molecule has 10 N–H and O–H groups in total. The van der Waals surface area contributed by atoms with Gasteiger partial charge in [0.2, 0.25) is 15.8 Å². The van der Waals surface area contributed by atoms with Crippen LogP contribution in [0.15, 0.2) is 40.1 Å². The largest absolute Gasteiger partial charge is 0.341 e. The summed E-state index contributed by atoms with van der Waals surface area (Å²) in [4.78, 5) is 6.45. The van der Waals surface area contributed by atoms with Crippen molar-refractivity contribution in [1.29, 1.82) is 0 Å². The van der Waals surface area contributed by atoms with E-state index >= 15 is 0 Å². The molecule has 0 amide bonds. The number of rotatable bonds is 8. The molecule has 0 saturated heterocycles. The summed E-state index contributed by atoms with van der Waals surface area (Å²) in [5.41, 5.74) is 18.7. The number of nitrogens with zero attached hydrogens (tertiary/aromatic N) is 4. The van der Waals surface area contributed by atoms with Crippen molar-refractivity contribution in [1.82, 2.24) is 30.6 Å². The van der Waals surface area contributed by atoms with Gasteiger partial charge in [-0.1, -0.05) is 18.2 Å². The highest BCUT2D eigenvalue weighted by atomic mass is 32.2. The summed E-state index contributed by atoms with van der Waals surface area (Å²) in [5.74, 6) is -0.231. The van der Waals surface area contributed by atoms with E-state index in [0.29, 0.717) is 22.4 Å². The van der Waals surface area contributed by atoms with Gasteiger partial charge in [-0.15, -0.1) is 10.2 Å². The highest BCUT2D eigenvalue weighted by molar-refractivity contribution is 7.93. The standard InChI is InChI=1S/C18H22N10O4S2/c19-6-7-33(29,30)13-5-4-9(14(16(13)34(22,31)32)18-25-27-28-26-18)10-2-1-3-12-15(10)24-17(23-12)11(21)8-20/h1-5,11H,6-8,19-21H2,(H,23,24)(H2,22,31,32)(H,25,26,27,28). The summed E-state index contributed by atoms with van der Waals surface area (Å²) < 4.78 is 51.3. The number of imidazole rings is 1. The van der Waals surface area contributed by atoms with Crippen LogP contribution in [0.25, 0.3) is 33.5 Å². The van der Waals surface area contributed by atoms with Gasteiger partial charge in [0.15, 0.2) is 9.84 Å². The number of hydrogen-bond acceptors (Lipinski definition) is 11. The second kappa shape index (κ2) is 8.82. The van der Waals surface area contributed by atoms with Crippen LogP contribution in [-0.2, 0) is 19.9 Å². The maximum Gasteiger partial charge on any atom is 0.240 e. The van der Waals surface area contributed by atoms with Crippen LogP contribution in [0.3, 0.4) is 0 Å². The third-order valence-corrected chi connectivity index (χ3v) is 8.03. The minimum Gasteiger partial charge on any atom is -0.341 e. The second-order valence-corrected chi connectivity index (χ2v) is 10.9. The molecule has 2 heterocycles. The van der Waals surface area contributed by atoms with Gasteiger partial charge in [-0.2, -0.15) is 5.21 Å². The van der Waals surface area contributed by atoms with E-state index in [1.54, 1.807) is 18.2 Å². The quantitative estimate of drug-likeness (QED) is 0.164.